The Morgan fingerprint density at radius 3 is 2.55 bits per heavy atom. The summed E-state index contributed by atoms with van der Waals surface area (Å²) in [7, 11) is 1.63. The number of hydrogen-bond acceptors (Lipinski definition) is 4. The zero-order valence-electron chi connectivity index (χ0n) is 13.1. The lowest BCUT2D eigenvalue weighted by Crippen LogP contribution is -2.38. The van der Waals surface area contributed by atoms with Gasteiger partial charge in [0.15, 0.2) is 0 Å². The molecule has 2 N–H and O–H groups in total. The minimum atomic E-state index is -0.403. The number of methoxy groups -OCH3 is 1. The van der Waals surface area contributed by atoms with Gasteiger partial charge in [0.2, 0.25) is 5.88 Å². The first-order chi connectivity index (χ1) is 9.37. The van der Waals surface area contributed by atoms with Crippen LogP contribution >= 0.6 is 0 Å². The van der Waals surface area contributed by atoms with E-state index in [0.29, 0.717) is 11.3 Å². The van der Waals surface area contributed by atoms with Crippen LogP contribution in [0, 0.1) is 11.3 Å². The number of ether oxygens (including phenoxy) is 1. The van der Waals surface area contributed by atoms with Crippen LogP contribution in [0.5, 0.6) is 5.88 Å². The fourth-order valence-corrected chi connectivity index (χ4v) is 3.28. The van der Waals surface area contributed by atoms with Gasteiger partial charge in [-0.15, -0.1) is 0 Å². The number of rotatable bonds is 2. The maximum Gasteiger partial charge on any atom is 0.237 e. The summed E-state index contributed by atoms with van der Waals surface area (Å²) in [5.74, 6) is 1.29. The molecule has 0 aromatic carbocycles. The molecule has 0 aliphatic heterocycles. The van der Waals surface area contributed by atoms with Crippen molar-refractivity contribution in [3.8, 4) is 5.88 Å². The average Bonchev–Trinajstić information content (AvgIpc) is 2.61. The number of nitrogens with zero attached hydrogens (tertiary/aromatic N) is 2. The molecule has 4 nitrogen and oxygen atoms in total. The lowest BCUT2D eigenvalue weighted by Gasteiger charge is -2.31. The van der Waals surface area contributed by atoms with Crippen LogP contribution in [0.25, 0.3) is 0 Å². The third-order valence-electron chi connectivity index (χ3n) is 4.67. The van der Waals surface area contributed by atoms with E-state index in [2.05, 4.69) is 30.7 Å². The summed E-state index contributed by atoms with van der Waals surface area (Å²) in [6, 6.07) is 0. The second kappa shape index (κ2) is 5.68. The topological polar surface area (TPSA) is 61.0 Å². The highest BCUT2D eigenvalue weighted by Crippen LogP contribution is 2.43. The smallest absolute Gasteiger partial charge is 0.237 e. The Hall–Kier alpha value is -1.16. The maximum absolute atomic E-state index is 6.68. The number of nitrogens with two attached hydrogens (primary N) is 1. The van der Waals surface area contributed by atoms with Crippen molar-refractivity contribution in [2.45, 2.75) is 58.4 Å². The molecule has 0 bridgehead atoms. The van der Waals surface area contributed by atoms with Gasteiger partial charge >= 0.3 is 0 Å². The van der Waals surface area contributed by atoms with Crippen LogP contribution in [0.2, 0.25) is 0 Å². The fraction of sp³-hybridized carbons (Fsp3) is 0.750. The fourth-order valence-electron chi connectivity index (χ4n) is 3.28. The first-order valence-electron chi connectivity index (χ1n) is 7.51. The normalized spacial score (nSPS) is 27.9. The van der Waals surface area contributed by atoms with Crippen molar-refractivity contribution in [1.82, 2.24) is 9.97 Å². The molecule has 1 aromatic rings. The summed E-state index contributed by atoms with van der Waals surface area (Å²) < 4.78 is 5.35. The Labute approximate surface area is 122 Å². The molecule has 1 saturated carbocycles. The highest BCUT2D eigenvalue weighted by molar-refractivity contribution is 5.26. The molecule has 20 heavy (non-hydrogen) atoms. The molecule has 0 amide bonds. The zero-order valence-corrected chi connectivity index (χ0v) is 13.1. The van der Waals surface area contributed by atoms with Crippen LogP contribution in [0.15, 0.2) is 12.4 Å². The summed E-state index contributed by atoms with van der Waals surface area (Å²) in [6.07, 6.45) is 8.78. The van der Waals surface area contributed by atoms with Gasteiger partial charge in [-0.05, 0) is 37.0 Å². The highest BCUT2D eigenvalue weighted by atomic mass is 16.5. The van der Waals surface area contributed by atoms with Crippen molar-refractivity contribution in [1.29, 1.82) is 0 Å². The van der Waals surface area contributed by atoms with Crippen LogP contribution in [-0.2, 0) is 5.54 Å². The van der Waals surface area contributed by atoms with E-state index in [-0.39, 0.29) is 0 Å². The molecule has 0 spiro atoms. The molecule has 1 aromatic heterocycles. The largest absolute Gasteiger partial charge is 0.480 e. The van der Waals surface area contributed by atoms with Gasteiger partial charge in [0, 0.05) is 12.4 Å². The summed E-state index contributed by atoms with van der Waals surface area (Å²) in [6.45, 7) is 6.97. The lowest BCUT2D eigenvalue weighted by molar-refractivity contribution is 0.210. The van der Waals surface area contributed by atoms with Crippen molar-refractivity contribution in [3.63, 3.8) is 0 Å². The molecular weight excluding hydrogens is 250 g/mol. The maximum atomic E-state index is 6.68. The minimum Gasteiger partial charge on any atom is -0.480 e. The monoisotopic (exact) mass is 277 g/mol. The Morgan fingerprint density at radius 2 is 1.90 bits per heavy atom. The molecule has 0 radical (unpaired) electrons. The van der Waals surface area contributed by atoms with Crippen molar-refractivity contribution in [3.05, 3.63) is 18.1 Å². The lowest BCUT2D eigenvalue weighted by atomic mass is 9.76. The van der Waals surface area contributed by atoms with Gasteiger partial charge in [-0.25, -0.2) is 4.98 Å². The first kappa shape index (κ1) is 15.2. The summed E-state index contributed by atoms with van der Waals surface area (Å²) >= 11 is 0. The van der Waals surface area contributed by atoms with Crippen molar-refractivity contribution >= 4 is 0 Å². The molecule has 2 atom stereocenters. The molecular formula is C16H27N3O. The van der Waals surface area contributed by atoms with Crippen LogP contribution in [0.3, 0.4) is 0 Å². The third-order valence-corrected chi connectivity index (χ3v) is 4.67. The number of aromatic nitrogens is 2. The first-order valence-corrected chi connectivity index (χ1v) is 7.51. The quantitative estimate of drug-likeness (QED) is 0.843. The van der Waals surface area contributed by atoms with Crippen LogP contribution in [-0.4, -0.2) is 17.1 Å². The predicted octanol–water partition coefficient (Wildman–Crippen LogP) is 3.27. The van der Waals surface area contributed by atoms with Gasteiger partial charge in [-0.2, -0.15) is 0 Å². The number of hydrogen-bond donors (Lipinski definition) is 1. The Balaban J connectivity index is 2.23. The molecule has 4 heteroatoms. The molecule has 0 saturated heterocycles. The molecule has 2 unspecified atom stereocenters. The van der Waals surface area contributed by atoms with Gasteiger partial charge in [-0.3, -0.25) is 4.98 Å². The summed E-state index contributed by atoms with van der Waals surface area (Å²) in [5, 5.41) is 0. The van der Waals surface area contributed by atoms with E-state index in [9.17, 15) is 0 Å². The second-order valence-corrected chi connectivity index (χ2v) is 7.06. The van der Waals surface area contributed by atoms with E-state index in [4.69, 9.17) is 10.5 Å². The molecule has 2 rings (SSSR count). The van der Waals surface area contributed by atoms with Crippen molar-refractivity contribution < 1.29 is 4.74 Å². The van der Waals surface area contributed by atoms with Gasteiger partial charge in [0.1, 0.15) is 5.69 Å². The van der Waals surface area contributed by atoms with E-state index in [1.165, 1.54) is 6.42 Å². The second-order valence-electron chi connectivity index (χ2n) is 7.06. The Bertz CT molecular complexity index is 455. The molecule has 1 fully saturated rings. The minimum absolute atomic E-state index is 0.345. The van der Waals surface area contributed by atoms with Crippen molar-refractivity contribution in [2.24, 2.45) is 17.1 Å². The zero-order chi connectivity index (χ0) is 14.8. The molecule has 1 aliphatic rings. The highest BCUT2D eigenvalue weighted by Gasteiger charge is 2.37. The van der Waals surface area contributed by atoms with Gasteiger partial charge < -0.3 is 10.5 Å². The summed E-state index contributed by atoms with van der Waals surface area (Å²) in [5.41, 5.74) is 7.44. The third kappa shape index (κ3) is 3.11. The van der Waals surface area contributed by atoms with E-state index >= 15 is 0 Å². The van der Waals surface area contributed by atoms with Crippen LogP contribution < -0.4 is 10.5 Å². The average molecular weight is 277 g/mol. The van der Waals surface area contributed by atoms with E-state index in [1.807, 2.05) is 0 Å². The molecule has 1 heterocycles. The predicted molar refractivity (Wildman–Crippen MR) is 80.5 cm³/mol. The van der Waals surface area contributed by atoms with Gasteiger partial charge in [0.05, 0.1) is 12.6 Å². The van der Waals surface area contributed by atoms with Crippen LogP contribution in [0.1, 0.15) is 58.6 Å². The van der Waals surface area contributed by atoms with E-state index in [0.717, 1.165) is 37.3 Å². The van der Waals surface area contributed by atoms with E-state index in [1.54, 1.807) is 19.5 Å². The van der Waals surface area contributed by atoms with E-state index < -0.39 is 5.54 Å². The molecule has 112 valence electrons. The molecule has 1 aliphatic carbocycles. The standard InChI is InChI=1S/C16H27N3O/c1-15(2,3)12-6-5-8-16(17,9-7-12)13-14(20-4)19-11-10-18-13/h10-12H,5-9,17H2,1-4H3. The van der Waals surface area contributed by atoms with Crippen molar-refractivity contribution in [2.75, 3.05) is 7.11 Å². The Kier molecular flexibility index (Phi) is 4.33. The van der Waals surface area contributed by atoms with Gasteiger partial charge in [0.25, 0.3) is 0 Å². The SMILES string of the molecule is COc1nccnc1C1(N)CCCC(C(C)(C)C)CC1. The van der Waals surface area contributed by atoms with Gasteiger partial charge in [-0.1, -0.05) is 27.2 Å². The summed E-state index contributed by atoms with van der Waals surface area (Å²) in [4.78, 5) is 8.71. The Morgan fingerprint density at radius 1 is 1.20 bits per heavy atom. The van der Waals surface area contributed by atoms with Crippen LogP contribution in [0.4, 0.5) is 0 Å².